The number of nitrogens with zero attached hydrogens (tertiary/aromatic N) is 2. The molecule has 1 aliphatic heterocycles. The Morgan fingerprint density at radius 2 is 1.74 bits per heavy atom. The molecule has 1 aliphatic rings. The summed E-state index contributed by atoms with van der Waals surface area (Å²) in [7, 11) is -1.77. The Kier molecular flexibility index (Phi) is 6.14. The fourth-order valence-electron chi connectivity index (χ4n) is 4.07. The molecule has 0 aliphatic carbocycles. The van der Waals surface area contributed by atoms with Gasteiger partial charge in [0.2, 0.25) is 15.9 Å². The number of fused-ring (bicyclic) bond motifs is 1. The van der Waals surface area contributed by atoms with Gasteiger partial charge in [-0.3, -0.25) is 24.2 Å². The van der Waals surface area contributed by atoms with Crippen LogP contribution in [-0.4, -0.2) is 38.5 Å². The lowest BCUT2D eigenvalue weighted by atomic mass is 9.84. The van der Waals surface area contributed by atoms with Crippen molar-refractivity contribution in [2.24, 2.45) is 0 Å². The predicted molar refractivity (Wildman–Crippen MR) is 137 cm³/mol. The van der Waals surface area contributed by atoms with E-state index in [1.54, 1.807) is 37.6 Å². The number of hydrogen-bond acceptors (Lipinski definition) is 6. The van der Waals surface area contributed by atoms with Crippen LogP contribution in [0, 0.1) is 0 Å². The third kappa shape index (κ3) is 5.05. The molecule has 182 valence electrons. The first kappa shape index (κ1) is 24.4. The molecule has 0 fully saturated rings. The van der Waals surface area contributed by atoms with E-state index in [1.165, 1.54) is 17.2 Å². The molecule has 0 bridgehead atoms. The summed E-state index contributed by atoms with van der Waals surface area (Å²) in [5.74, 6) is 0.110. The van der Waals surface area contributed by atoms with Crippen LogP contribution in [0.5, 0.6) is 5.75 Å². The number of ketones is 1. The quantitative estimate of drug-likeness (QED) is 0.528. The molecule has 0 radical (unpaired) electrons. The minimum atomic E-state index is -3.37. The van der Waals surface area contributed by atoms with E-state index in [0.29, 0.717) is 22.6 Å². The van der Waals surface area contributed by atoms with Gasteiger partial charge in [-0.05, 0) is 41.3 Å². The van der Waals surface area contributed by atoms with Crippen LogP contribution < -0.4 is 14.4 Å². The molecule has 2 aromatic carbocycles. The molecule has 1 amide bonds. The van der Waals surface area contributed by atoms with E-state index >= 15 is 0 Å². The number of methoxy groups -OCH3 is 1. The zero-order chi connectivity index (χ0) is 25.5. The summed E-state index contributed by atoms with van der Waals surface area (Å²) < 4.78 is 31.3. The van der Waals surface area contributed by atoms with E-state index in [4.69, 9.17) is 9.72 Å². The topological polar surface area (TPSA) is 106 Å². The summed E-state index contributed by atoms with van der Waals surface area (Å²) in [5, 5.41) is 0.726. The molecule has 0 spiro atoms. The van der Waals surface area contributed by atoms with Crippen LogP contribution in [-0.2, 0) is 25.0 Å². The molecule has 4 rings (SSSR count). The van der Waals surface area contributed by atoms with Gasteiger partial charge in [0.15, 0.2) is 5.78 Å². The van der Waals surface area contributed by atoms with Gasteiger partial charge < -0.3 is 4.74 Å². The molecule has 1 aromatic heterocycles. The highest BCUT2D eigenvalue weighted by Gasteiger charge is 2.28. The molecule has 3 aromatic rings. The second-order valence-corrected chi connectivity index (χ2v) is 11.3. The van der Waals surface area contributed by atoms with Crippen molar-refractivity contribution in [3.05, 3.63) is 60.4 Å². The second kappa shape index (κ2) is 8.81. The van der Waals surface area contributed by atoms with Crippen molar-refractivity contribution in [3.8, 4) is 16.9 Å². The Balaban J connectivity index is 1.91. The molecule has 2 heterocycles. The number of pyridine rings is 1. The average molecular weight is 494 g/mol. The van der Waals surface area contributed by atoms with Crippen LogP contribution >= 0.6 is 0 Å². The van der Waals surface area contributed by atoms with Crippen molar-refractivity contribution in [2.75, 3.05) is 23.0 Å². The van der Waals surface area contributed by atoms with Gasteiger partial charge in [0.25, 0.3) is 0 Å². The Labute approximate surface area is 204 Å². The smallest absolute Gasteiger partial charge is 0.238 e. The summed E-state index contributed by atoms with van der Waals surface area (Å²) in [4.78, 5) is 30.6. The molecular formula is C26H27N3O5S. The number of ether oxygens (including phenoxy) is 1. The number of sulfonamides is 1. The van der Waals surface area contributed by atoms with Crippen LogP contribution in [0.15, 0.2) is 54.9 Å². The number of amides is 1. The Hall–Kier alpha value is -3.72. The molecule has 0 unspecified atom stereocenters. The monoisotopic (exact) mass is 493 g/mol. The SMILES string of the molecule is COc1c(C(C)(C)C)cc(N2C=CC(=O)CC2=O)c2ncc(-c3ccc(NS(C)(=O)=O)cc3)cc12. The van der Waals surface area contributed by atoms with Gasteiger partial charge in [0, 0.05) is 34.6 Å². The van der Waals surface area contributed by atoms with Crippen LogP contribution in [0.3, 0.4) is 0 Å². The lowest BCUT2D eigenvalue weighted by Crippen LogP contribution is -2.31. The average Bonchev–Trinajstić information content (AvgIpc) is 2.76. The van der Waals surface area contributed by atoms with Crippen molar-refractivity contribution in [1.29, 1.82) is 0 Å². The number of rotatable bonds is 5. The minimum absolute atomic E-state index is 0.194. The number of hydrogen-bond donors (Lipinski definition) is 1. The molecule has 9 heteroatoms. The predicted octanol–water partition coefficient (Wildman–Crippen LogP) is 4.40. The highest BCUT2D eigenvalue weighted by atomic mass is 32.2. The first-order valence-corrected chi connectivity index (χ1v) is 12.9. The number of benzene rings is 2. The number of aromatic nitrogens is 1. The lowest BCUT2D eigenvalue weighted by Gasteiger charge is -2.28. The molecule has 8 nitrogen and oxygen atoms in total. The standard InChI is InChI=1S/C26H27N3O5S/c1-26(2,3)21-14-22(29-11-10-19(30)13-23(29)31)24-20(25(21)34-4)12-17(15-27-24)16-6-8-18(9-7-16)28-35(5,32)33/h6-12,14-15,28H,13H2,1-5H3. The van der Waals surface area contributed by atoms with E-state index < -0.39 is 10.0 Å². The summed E-state index contributed by atoms with van der Waals surface area (Å²) in [6.45, 7) is 6.17. The van der Waals surface area contributed by atoms with E-state index in [0.717, 1.165) is 28.3 Å². The highest BCUT2D eigenvalue weighted by molar-refractivity contribution is 7.92. The zero-order valence-electron chi connectivity index (χ0n) is 20.2. The fraction of sp³-hybridized carbons (Fsp3) is 0.269. The van der Waals surface area contributed by atoms with Crippen molar-refractivity contribution < 1.29 is 22.7 Å². The molecule has 0 saturated heterocycles. The first-order chi connectivity index (χ1) is 16.4. The number of carbonyl (C=O) groups is 2. The maximum absolute atomic E-state index is 12.7. The lowest BCUT2D eigenvalue weighted by molar-refractivity contribution is -0.124. The summed E-state index contributed by atoms with van der Waals surface area (Å²) in [5.41, 5.74) is 3.84. The summed E-state index contributed by atoms with van der Waals surface area (Å²) in [6, 6.07) is 10.8. The molecule has 0 saturated carbocycles. The van der Waals surface area contributed by atoms with Gasteiger partial charge in [-0.15, -0.1) is 0 Å². The van der Waals surface area contributed by atoms with Gasteiger partial charge in [-0.2, -0.15) is 0 Å². The van der Waals surface area contributed by atoms with Crippen molar-refractivity contribution in [1.82, 2.24) is 4.98 Å². The van der Waals surface area contributed by atoms with Crippen LogP contribution in [0.2, 0.25) is 0 Å². The van der Waals surface area contributed by atoms with E-state index in [2.05, 4.69) is 25.5 Å². The van der Waals surface area contributed by atoms with Gasteiger partial charge in [-0.25, -0.2) is 8.42 Å². The largest absolute Gasteiger partial charge is 0.496 e. The number of allylic oxidation sites excluding steroid dienone is 1. The summed E-state index contributed by atoms with van der Waals surface area (Å²) >= 11 is 0. The van der Waals surface area contributed by atoms with E-state index in [1.807, 2.05) is 12.1 Å². The van der Waals surface area contributed by atoms with Crippen molar-refractivity contribution in [2.45, 2.75) is 32.6 Å². The zero-order valence-corrected chi connectivity index (χ0v) is 21.1. The third-order valence-corrected chi connectivity index (χ3v) is 6.30. The Morgan fingerprint density at radius 3 is 2.31 bits per heavy atom. The maximum atomic E-state index is 12.7. The van der Waals surface area contributed by atoms with Gasteiger partial charge >= 0.3 is 0 Å². The number of nitrogens with one attached hydrogen (secondary N) is 1. The van der Waals surface area contributed by atoms with Crippen molar-refractivity contribution in [3.63, 3.8) is 0 Å². The third-order valence-electron chi connectivity index (χ3n) is 5.70. The molecule has 0 atom stereocenters. The number of anilines is 2. The molecule has 1 N–H and O–H groups in total. The van der Waals surface area contributed by atoms with Crippen LogP contribution in [0.4, 0.5) is 11.4 Å². The molecule has 35 heavy (non-hydrogen) atoms. The molecular weight excluding hydrogens is 466 g/mol. The van der Waals surface area contributed by atoms with Crippen LogP contribution in [0.1, 0.15) is 32.8 Å². The van der Waals surface area contributed by atoms with E-state index in [9.17, 15) is 18.0 Å². The Bertz CT molecular complexity index is 1470. The fourth-order valence-corrected chi connectivity index (χ4v) is 4.63. The van der Waals surface area contributed by atoms with Crippen LogP contribution in [0.25, 0.3) is 22.0 Å². The highest BCUT2D eigenvalue weighted by Crippen LogP contribution is 2.43. The van der Waals surface area contributed by atoms with Gasteiger partial charge in [0.05, 0.1) is 31.0 Å². The maximum Gasteiger partial charge on any atom is 0.238 e. The minimum Gasteiger partial charge on any atom is -0.496 e. The van der Waals surface area contributed by atoms with Gasteiger partial charge in [0.1, 0.15) is 5.75 Å². The first-order valence-electron chi connectivity index (χ1n) is 11.0. The second-order valence-electron chi connectivity index (χ2n) is 9.52. The Morgan fingerprint density at radius 1 is 1.06 bits per heavy atom. The normalized spacial score (nSPS) is 14.5. The van der Waals surface area contributed by atoms with E-state index in [-0.39, 0.29) is 23.5 Å². The summed E-state index contributed by atoms with van der Waals surface area (Å²) in [6.07, 6.45) is 5.49. The van der Waals surface area contributed by atoms with Gasteiger partial charge in [-0.1, -0.05) is 32.9 Å². The van der Waals surface area contributed by atoms with Crippen molar-refractivity contribution >= 4 is 44.0 Å². The number of carbonyl (C=O) groups excluding carboxylic acids is 2.